The van der Waals surface area contributed by atoms with Crippen LogP contribution < -0.4 is 0 Å². The molecule has 0 aliphatic carbocycles. The minimum Gasteiger partial charge on any atom is -0.193 e. The molecule has 0 saturated carbocycles. The van der Waals surface area contributed by atoms with Crippen LogP contribution in [0.3, 0.4) is 0 Å². The SMILES string of the molecule is N#C/C=C(\Cl)c1ccc(Cl)cc1Cl. The van der Waals surface area contributed by atoms with Gasteiger partial charge in [0.1, 0.15) is 0 Å². The number of allylic oxidation sites excluding steroid dienone is 1. The number of nitriles is 1. The number of rotatable bonds is 1. The smallest absolute Gasteiger partial charge is 0.0927 e. The molecule has 1 aromatic rings. The van der Waals surface area contributed by atoms with Crippen LogP contribution in [0.25, 0.3) is 5.03 Å². The molecule has 0 amide bonds. The second kappa shape index (κ2) is 4.53. The third-order valence-electron chi connectivity index (χ3n) is 1.38. The van der Waals surface area contributed by atoms with E-state index in [-0.39, 0.29) is 0 Å². The number of benzene rings is 1. The van der Waals surface area contributed by atoms with E-state index in [1.165, 1.54) is 6.08 Å². The van der Waals surface area contributed by atoms with Gasteiger partial charge in [-0.15, -0.1) is 0 Å². The van der Waals surface area contributed by atoms with Crippen molar-refractivity contribution in [3.05, 3.63) is 39.9 Å². The van der Waals surface area contributed by atoms with Crippen molar-refractivity contribution in [2.45, 2.75) is 0 Å². The molecule has 4 heteroatoms. The van der Waals surface area contributed by atoms with Gasteiger partial charge in [-0.3, -0.25) is 0 Å². The molecule has 0 radical (unpaired) electrons. The van der Waals surface area contributed by atoms with Gasteiger partial charge in [0.15, 0.2) is 0 Å². The zero-order valence-corrected chi connectivity index (χ0v) is 8.66. The maximum absolute atomic E-state index is 8.36. The monoisotopic (exact) mass is 231 g/mol. The average molecular weight is 232 g/mol. The minimum absolute atomic E-state index is 0.309. The molecule has 0 aromatic heterocycles. The molecule has 1 rings (SSSR count). The molecule has 0 aliphatic rings. The largest absolute Gasteiger partial charge is 0.193 e. The van der Waals surface area contributed by atoms with Crippen LogP contribution in [0.15, 0.2) is 24.3 Å². The zero-order valence-electron chi connectivity index (χ0n) is 6.39. The van der Waals surface area contributed by atoms with E-state index in [1.54, 1.807) is 18.2 Å². The first-order valence-electron chi connectivity index (χ1n) is 3.36. The Morgan fingerprint density at radius 3 is 2.62 bits per heavy atom. The standard InChI is InChI=1S/C9H4Cl3N/c10-6-1-2-7(9(12)5-6)8(11)3-4-13/h1-3,5H/b8-3-. The van der Waals surface area contributed by atoms with E-state index in [0.717, 1.165) is 0 Å². The van der Waals surface area contributed by atoms with E-state index in [4.69, 9.17) is 40.1 Å². The predicted octanol–water partition coefficient (Wildman–Crippen LogP) is 4.10. The van der Waals surface area contributed by atoms with Crippen LogP contribution >= 0.6 is 34.8 Å². The summed E-state index contributed by atoms with van der Waals surface area (Å²) in [5.74, 6) is 0. The Kier molecular flexibility index (Phi) is 3.62. The summed E-state index contributed by atoms with van der Waals surface area (Å²) in [6.45, 7) is 0. The van der Waals surface area contributed by atoms with Crippen molar-refractivity contribution >= 4 is 39.8 Å². The molecule has 0 heterocycles. The molecule has 0 aliphatic heterocycles. The van der Waals surface area contributed by atoms with E-state index in [9.17, 15) is 0 Å². The number of nitrogens with zero attached hydrogens (tertiary/aromatic N) is 1. The average Bonchev–Trinajstić information content (AvgIpc) is 2.04. The van der Waals surface area contributed by atoms with Gasteiger partial charge < -0.3 is 0 Å². The van der Waals surface area contributed by atoms with Gasteiger partial charge in [-0.1, -0.05) is 40.9 Å². The fraction of sp³-hybridized carbons (Fsp3) is 0. The fourth-order valence-electron chi connectivity index (χ4n) is 0.818. The van der Waals surface area contributed by atoms with Gasteiger partial charge in [0.25, 0.3) is 0 Å². The minimum atomic E-state index is 0.309. The lowest BCUT2D eigenvalue weighted by Gasteiger charge is -2.01. The summed E-state index contributed by atoms with van der Waals surface area (Å²) < 4.78 is 0. The van der Waals surface area contributed by atoms with Crippen molar-refractivity contribution < 1.29 is 0 Å². The van der Waals surface area contributed by atoms with E-state index in [2.05, 4.69) is 0 Å². The highest BCUT2D eigenvalue weighted by atomic mass is 35.5. The van der Waals surface area contributed by atoms with Crippen LogP contribution in [-0.2, 0) is 0 Å². The Hall–Kier alpha value is -0.680. The summed E-state index contributed by atoms with van der Waals surface area (Å²) in [5, 5.41) is 9.64. The van der Waals surface area contributed by atoms with Crippen molar-refractivity contribution in [3.63, 3.8) is 0 Å². The highest BCUT2D eigenvalue weighted by Gasteiger charge is 2.03. The molecule has 1 nitrogen and oxygen atoms in total. The van der Waals surface area contributed by atoms with Gasteiger partial charge >= 0.3 is 0 Å². The lowest BCUT2D eigenvalue weighted by molar-refractivity contribution is 1.53. The number of halogens is 3. The summed E-state index contributed by atoms with van der Waals surface area (Å²) in [7, 11) is 0. The fourth-order valence-corrected chi connectivity index (χ4v) is 1.59. The molecule has 0 saturated heterocycles. The van der Waals surface area contributed by atoms with Crippen molar-refractivity contribution in [3.8, 4) is 6.07 Å². The van der Waals surface area contributed by atoms with Crippen LogP contribution in [-0.4, -0.2) is 0 Å². The van der Waals surface area contributed by atoms with E-state index in [0.29, 0.717) is 20.6 Å². The molecular formula is C9H4Cl3N. The number of hydrogen-bond donors (Lipinski definition) is 0. The third kappa shape index (κ3) is 2.63. The number of hydrogen-bond acceptors (Lipinski definition) is 1. The van der Waals surface area contributed by atoms with Crippen molar-refractivity contribution in [2.24, 2.45) is 0 Å². The Morgan fingerprint density at radius 1 is 1.38 bits per heavy atom. The lowest BCUT2D eigenvalue weighted by atomic mass is 10.2. The van der Waals surface area contributed by atoms with E-state index < -0.39 is 0 Å². The summed E-state index contributed by atoms with van der Waals surface area (Å²) in [6, 6.07) is 6.73. The Morgan fingerprint density at radius 2 is 2.08 bits per heavy atom. The van der Waals surface area contributed by atoms with Gasteiger partial charge in [-0.2, -0.15) is 5.26 Å². The second-order valence-corrected chi connectivity index (χ2v) is 3.50. The van der Waals surface area contributed by atoms with Gasteiger partial charge in [-0.25, -0.2) is 0 Å². The van der Waals surface area contributed by atoms with Crippen LogP contribution in [0, 0.1) is 11.3 Å². The predicted molar refractivity (Wildman–Crippen MR) is 55.9 cm³/mol. The first kappa shape index (κ1) is 10.4. The highest BCUT2D eigenvalue weighted by molar-refractivity contribution is 6.51. The third-order valence-corrected chi connectivity index (χ3v) is 2.24. The second-order valence-electron chi connectivity index (χ2n) is 2.25. The zero-order chi connectivity index (χ0) is 9.84. The summed E-state index contributed by atoms with van der Waals surface area (Å²) >= 11 is 17.3. The first-order valence-corrected chi connectivity index (χ1v) is 4.49. The maximum Gasteiger partial charge on any atom is 0.0927 e. The van der Waals surface area contributed by atoms with Gasteiger partial charge in [0.05, 0.1) is 16.1 Å². The molecule has 13 heavy (non-hydrogen) atoms. The molecule has 0 spiro atoms. The molecule has 0 fully saturated rings. The van der Waals surface area contributed by atoms with Crippen molar-refractivity contribution in [1.82, 2.24) is 0 Å². The molecule has 0 N–H and O–H groups in total. The van der Waals surface area contributed by atoms with Crippen LogP contribution in [0.5, 0.6) is 0 Å². The molecular weight excluding hydrogens is 228 g/mol. The van der Waals surface area contributed by atoms with Crippen LogP contribution in [0.1, 0.15) is 5.56 Å². The van der Waals surface area contributed by atoms with E-state index in [1.807, 2.05) is 6.07 Å². The normalized spacial score (nSPS) is 11.1. The summed E-state index contributed by atoms with van der Waals surface area (Å²) in [6.07, 6.45) is 1.22. The lowest BCUT2D eigenvalue weighted by Crippen LogP contribution is -1.79. The molecule has 1 aromatic carbocycles. The molecule has 0 atom stereocenters. The Bertz CT molecular complexity index is 390. The topological polar surface area (TPSA) is 23.8 Å². The van der Waals surface area contributed by atoms with Gasteiger partial charge in [-0.05, 0) is 12.1 Å². The molecule has 66 valence electrons. The van der Waals surface area contributed by atoms with Crippen LogP contribution in [0.2, 0.25) is 10.0 Å². The molecule has 0 unspecified atom stereocenters. The summed E-state index contributed by atoms with van der Waals surface area (Å²) in [5.41, 5.74) is 0.606. The van der Waals surface area contributed by atoms with Crippen molar-refractivity contribution in [2.75, 3.05) is 0 Å². The Labute approximate surface area is 91.1 Å². The van der Waals surface area contributed by atoms with E-state index >= 15 is 0 Å². The maximum atomic E-state index is 8.36. The summed E-state index contributed by atoms with van der Waals surface area (Å²) in [4.78, 5) is 0. The van der Waals surface area contributed by atoms with Gasteiger partial charge in [0.2, 0.25) is 0 Å². The Balaban J connectivity index is 3.18. The first-order chi connectivity index (χ1) is 6.15. The highest BCUT2D eigenvalue weighted by Crippen LogP contribution is 2.28. The van der Waals surface area contributed by atoms with Crippen LogP contribution in [0.4, 0.5) is 0 Å². The molecule has 0 bridgehead atoms. The van der Waals surface area contributed by atoms with Crippen molar-refractivity contribution in [1.29, 1.82) is 5.26 Å². The van der Waals surface area contributed by atoms with Gasteiger partial charge in [0, 0.05) is 16.7 Å². The quantitative estimate of drug-likeness (QED) is 0.669.